The minimum absolute atomic E-state index is 0.0201. The lowest BCUT2D eigenvalue weighted by Crippen LogP contribution is -2.37. The van der Waals surface area contributed by atoms with Crippen LogP contribution in [0.2, 0.25) is 0 Å². The molecule has 6 heteroatoms. The van der Waals surface area contributed by atoms with E-state index in [0.29, 0.717) is 25.6 Å². The molecule has 0 N–H and O–H groups in total. The van der Waals surface area contributed by atoms with Crippen LogP contribution < -0.4 is 0 Å². The van der Waals surface area contributed by atoms with Gasteiger partial charge in [-0.2, -0.15) is 4.31 Å². The smallest absolute Gasteiger partial charge is 0.214 e. The van der Waals surface area contributed by atoms with Crippen molar-refractivity contribution in [3.8, 4) is 0 Å². The van der Waals surface area contributed by atoms with Gasteiger partial charge in [-0.15, -0.1) is 11.6 Å². The first-order valence-corrected chi connectivity index (χ1v) is 7.15. The van der Waals surface area contributed by atoms with Crippen LogP contribution in [-0.4, -0.2) is 51.2 Å². The number of hydrogen-bond donors (Lipinski definition) is 0. The Labute approximate surface area is 97.6 Å². The Kier molecular flexibility index (Phi) is 7.52. The van der Waals surface area contributed by atoms with Crippen molar-refractivity contribution in [2.45, 2.75) is 13.8 Å². The van der Waals surface area contributed by atoms with Gasteiger partial charge in [0, 0.05) is 26.1 Å². The minimum Gasteiger partial charge on any atom is -0.383 e. The number of halogens is 1. The molecule has 0 fully saturated rings. The molecule has 0 spiro atoms. The topological polar surface area (TPSA) is 46.6 Å². The van der Waals surface area contributed by atoms with Gasteiger partial charge in [-0.25, -0.2) is 8.42 Å². The standard InChI is InChI=1S/C9H20ClNO3S/c1-4-11(5-6-14-3)15(12,13)8-9(2)7-10/h9H,4-8H2,1-3H3. The molecule has 1 atom stereocenters. The van der Waals surface area contributed by atoms with Crippen LogP contribution in [0.3, 0.4) is 0 Å². The molecule has 4 nitrogen and oxygen atoms in total. The Morgan fingerprint density at radius 3 is 2.47 bits per heavy atom. The van der Waals surface area contributed by atoms with E-state index < -0.39 is 10.0 Å². The Morgan fingerprint density at radius 1 is 1.47 bits per heavy atom. The molecule has 0 radical (unpaired) electrons. The molecule has 0 rings (SSSR count). The van der Waals surface area contributed by atoms with Crippen LogP contribution in [0.15, 0.2) is 0 Å². The van der Waals surface area contributed by atoms with Gasteiger partial charge in [0.15, 0.2) is 0 Å². The first-order chi connectivity index (χ1) is 6.97. The average molecular weight is 258 g/mol. The zero-order valence-electron chi connectivity index (χ0n) is 9.57. The number of sulfonamides is 1. The van der Waals surface area contributed by atoms with Gasteiger partial charge in [-0.3, -0.25) is 0 Å². The number of ether oxygens (including phenoxy) is 1. The average Bonchev–Trinajstić information content (AvgIpc) is 2.17. The predicted molar refractivity (Wildman–Crippen MR) is 62.8 cm³/mol. The van der Waals surface area contributed by atoms with E-state index in [-0.39, 0.29) is 11.7 Å². The number of rotatable bonds is 8. The second-order valence-electron chi connectivity index (χ2n) is 3.52. The molecule has 0 aromatic carbocycles. The Bertz CT molecular complexity index is 256. The third kappa shape index (κ3) is 5.70. The fourth-order valence-electron chi connectivity index (χ4n) is 1.20. The molecule has 0 saturated carbocycles. The lowest BCUT2D eigenvalue weighted by Gasteiger charge is -2.21. The molecule has 0 bridgehead atoms. The van der Waals surface area contributed by atoms with E-state index >= 15 is 0 Å². The summed E-state index contributed by atoms with van der Waals surface area (Å²) in [5, 5.41) is 0. The maximum atomic E-state index is 11.8. The van der Waals surface area contributed by atoms with E-state index in [2.05, 4.69) is 0 Å². The molecule has 0 aliphatic rings. The summed E-state index contributed by atoms with van der Waals surface area (Å²) in [5.41, 5.74) is 0. The lowest BCUT2D eigenvalue weighted by atomic mass is 10.3. The molecule has 1 unspecified atom stereocenters. The maximum absolute atomic E-state index is 11.8. The maximum Gasteiger partial charge on any atom is 0.214 e. The number of nitrogens with zero attached hydrogens (tertiary/aromatic N) is 1. The van der Waals surface area contributed by atoms with Gasteiger partial charge in [0.05, 0.1) is 12.4 Å². The number of likely N-dealkylation sites (N-methyl/N-ethyl adjacent to an activating group) is 1. The summed E-state index contributed by atoms with van der Waals surface area (Å²) in [6.45, 7) is 4.95. The second-order valence-corrected chi connectivity index (χ2v) is 5.84. The van der Waals surface area contributed by atoms with E-state index in [1.807, 2.05) is 13.8 Å². The van der Waals surface area contributed by atoms with E-state index in [4.69, 9.17) is 16.3 Å². The van der Waals surface area contributed by atoms with E-state index in [0.717, 1.165) is 0 Å². The molecule has 0 aliphatic heterocycles. The fourth-order valence-corrected chi connectivity index (χ4v) is 3.23. The summed E-state index contributed by atoms with van der Waals surface area (Å²) in [4.78, 5) is 0. The first kappa shape index (κ1) is 15.2. The molecular formula is C9H20ClNO3S. The van der Waals surface area contributed by atoms with Gasteiger partial charge in [0.2, 0.25) is 10.0 Å². The molecule has 0 amide bonds. The van der Waals surface area contributed by atoms with Crippen LogP contribution in [0, 0.1) is 5.92 Å². The van der Waals surface area contributed by atoms with Crippen molar-refractivity contribution in [3.63, 3.8) is 0 Å². The van der Waals surface area contributed by atoms with Gasteiger partial charge in [-0.1, -0.05) is 13.8 Å². The van der Waals surface area contributed by atoms with Gasteiger partial charge in [-0.05, 0) is 5.92 Å². The highest BCUT2D eigenvalue weighted by Crippen LogP contribution is 2.08. The van der Waals surface area contributed by atoms with Crippen molar-refractivity contribution in [2.24, 2.45) is 5.92 Å². The lowest BCUT2D eigenvalue weighted by molar-refractivity contribution is 0.180. The van der Waals surface area contributed by atoms with Crippen LogP contribution in [0.4, 0.5) is 0 Å². The molecule has 15 heavy (non-hydrogen) atoms. The Balaban J connectivity index is 4.38. The highest BCUT2D eigenvalue weighted by molar-refractivity contribution is 7.89. The molecule has 0 heterocycles. The molecular weight excluding hydrogens is 238 g/mol. The summed E-state index contributed by atoms with van der Waals surface area (Å²) in [6.07, 6.45) is 0. The molecule has 0 saturated heterocycles. The van der Waals surface area contributed by atoms with Gasteiger partial charge >= 0.3 is 0 Å². The van der Waals surface area contributed by atoms with Gasteiger partial charge < -0.3 is 4.74 Å². The largest absolute Gasteiger partial charge is 0.383 e. The van der Waals surface area contributed by atoms with Crippen molar-refractivity contribution in [1.82, 2.24) is 4.31 Å². The van der Waals surface area contributed by atoms with Crippen molar-refractivity contribution in [2.75, 3.05) is 38.4 Å². The zero-order chi connectivity index (χ0) is 11.9. The van der Waals surface area contributed by atoms with Crippen LogP contribution in [-0.2, 0) is 14.8 Å². The summed E-state index contributed by atoms with van der Waals surface area (Å²) >= 11 is 5.60. The van der Waals surface area contributed by atoms with Gasteiger partial charge in [0.25, 0.3) is 0 Å². The third-order valence-electron chi connectivity index (χ3n) is 2.05. The molecule has 0 aromatic heterocycles. The molecule has 92 valence electrons. The fraction of sp³-hybridized carbons (Fsp3) is 1.00. The summed E-state index contributed by atoms with van der Waals surface area (Å²) in [7, 11) is -1.63. The Morgan fingerprint density at radius 2 is 2.07 bits per heavy atom. The molecule has 0 aromatic rings. The van der Waals surface area contributed by atoms with Crippen molar-refractivity contribution >= 4 is 21.6 Å². The number of methoxy groups -OCH3 is 1. The summed E-state index contributed by atoms with van der Waals surface area (Å²) in [6, 6.07) is 0. The second kappa shape index (κ2) is 7.44. The normalized spacial score (nSPS) is 14.5. The van der Waals surface area contributed by atoms with E-state index in [1.54, 1.807) is 7.11 Å². The molecule has 0 aliphatic carbocycles. The van der Waals surface area contributed by atoms with Crippen LogP contribution in [0.1, 0.15) is 13.8 Å². The van der Waals surface area contributed by atoms with E-state index in [9.17, 15) is 8.42 Å². The SMILES string of the molecule is CCN(CCOC)S(=O)(=O)CC(C)CCl. The van der Waals surface area contributed by atoms with Gasteiger partial charge in [0.1, 0.15) is 0 Å². The predicted octanol–water partition coefficient (Wildman–Crippen LogP) is 1.16. The van der Waals surface area contributed by atoms with E-state index in [1.165, 1.54) is 4.31 Å². The monoisotopic (exact) mass is 257 g/mol. The summed E-state index contributed by atoms with van der Waals surface area (Å²) in [5.74, 6) is 0.447. The minimum atomic E-state index is -3.19. The quantitative estimate of drug-likeness (QED) is 0.613. The van der Waals surface area contributed by atoms with Crippen molar-refractivity contribution < 1.29 is 13.2 Å². The number of hydrogen-bond acceptors (Lipinski definition) is 3. The first-order valence-electron chi connectivity index (χ1n) is 5.00. The van der Waals surface area contributed by atoms with Crippen LogP contribution in [0.5, 0.6) is 0 Å². The highest BCUT2D eigenvalue weighted by atomic mass is 35.5. The number of alkyl halides is 1. The van der Waals surface area contributed by atoms with Crippen molar-refractivity contribution in [1.29, 1.82) is 0 Å². The van der Waals surface area contributed by atoms with Crippen molar-refractivity contribution in [3.05, 3.63) is 0 Å². The zero-order valence-corrected chi connectivity index (χ0v) is 11.1. The van der Waals surface area contributed by atoms with Crippen LogP contribution >= 0.6 is 11.6 Å². The summed E-state index contributed by atoms with van der Waals surface area (Å²) < 4.78 is 30.0. The Hall–Kier alpha value is 0.160. The third-order valence-corrected chi connectivity index (χ3v) is 4.79. The highest BCUT2D eigenvalue weighted by Gasteiger charge is 2.22. The van der Waals surface area contributed by atoms with Crippen LogP contribution in [0.25, 0.3) is 0 Å².